The third kappa shape index (κ3) is 3.23. The third-order valence-electron chi connectivity index (χ3n) is 4.68. The quantitative estimate of drug-likeness (QED) is 0.804. The third-order valence-corrected chi connectivity index (χ3v) is 4.68. The van der Waals surface area contributed by atoms with Gasteiger partial charge in [-0.2, -0.15) is 0 Å². The van der Waals surface area contributed by atoms with Crippen molar-refractivity contribution in [2.75, 3.05) is 36.5 Å². The molecule has 0 aliphatic carbocycles. The summed E-state index contributed by atoms with van der Waals surface area (Å²) in [7, 11) is 0. The van der Waals surface area contributed by atoms with Crippen LogP contribution in [-0.2, 0) is 0 Å². The normalized spacial score (nSPS) is 15.7. The second-order valence-corrected chi connectivity index (χ2v) is 5.79. The van der Waals surface area contributed by atoms with Crippen LogP contribution in [0.4, 0.5) is 11.5 Å². The molecule has 2 heterocycles. The van der Waals surface area contributed by atoms with E-state index in [-0.39, 0.29) is 12.0 Å². The monoisotopic (exact) mass is 277 g/mol. The number of aliphatic hydroxyl groups excluding tert-OH is 1. The Morgan fingerprint density at radius 3 is 2.60 bits per heavy atom. The van der Waals surface area contributed by atoms with Crippen LogP contribution in [0.15, 0.2) is 18.3 Å². The van der Waals surface area contributed by atoms with Crippen LogP contribution in [0.2, 0.25) is 0 Å². The van der Waals surface area contributed by atoms with Crippen molar-refractivity contribution in [3.05, 3.63) is 18.3 Å². The lowest BCUT2D eigenvalue weighted by Gasteiger charge is -2.31. The van der Waals surface area contributed by atoms with Crippen LogP contribution in [-0.4, -0.2) is 36.3 Å². The Bertz CT molecular complexity index is 404. The second-order valence-electron chi connectivity index (χ2n) is 5.79. The number of aromatic nitrogens is 1. The van der Waals surface area contributed by atoms with Gasteiger partial charge in [-0.05, 0) is 37.8 Å². The average molecular weight is 277 g/mol. The first-order valence-electron chi connectivity index (χ1n) is 7.79. The van der Waals surface area contributed by atoms with Crippen molar-refractivity contribution in [3.8, 4) is 0 Å². The van der Waals surface area contributed by atoms with Gasteiger partial charge in [0.25, 0.3) is 0 Å². The minimum Gasteiger partial charge on any atom is -0.396 e. The molecule has 1 aromatic rings. The highest BCUT2D eigenvalue weighted by molar-refractivity contribution is 5.65. The van der Waals surface area contributed by atoms with Crippen LogP contribution >= 0.6 is 0 Å². The summed E-state index contributed by atoms with van der Waals surface area (Å²) in [4.78, 5) is 6.89. The number of pyridine rings is 1. The van der Waals surface area contributed by atoms with E-state index in [1.54, 1.807) is 0 Å². The molecule has 1 aliphatic heterocycles. The van der Waals surface area contributed by atoms with Crippen LogP contribution < -0.4 is 10.2 Å². The predicted molar refractivity (Wildman–Crippen MR) is 84.3 cm³/mol. The predicted octanol–water partition coefficient (Wildman–Crippen LogP) is 2.89. The Kier molecular flexibility index (Phi) is 5.24. The molecular formula is C16H27N3O. The van der Waals surface area contributed by atoms with E-state index in [0.717, 1.165) is 44.0 Å². The molecule has 1 fully saturated rings. The van der Waals surface area contributed by atoms with Crippen LogP contribution in [0, 0.1) is 5.41 Å². The van der Waals surface area contributed by atoms with E-state index in [1.807, 2.05) is 12.3 Å². The topological polar surface area (TPSA) is 48.4 Å². The molecule has 1 aromatic heterocycles. The lowest BCUT2D eigenvalue weighted by molar-refractivity contribution is 0.127. The van der Waals surface area contributed by atoms with Crippen molar-refractivity contribution in [3.63, 3.8) is 0 Å². The molecule has 0 aromatic carbocycles. The van der Waals surface area contributed by atoms with Crippen LogP contribution in [0.3, 0.4) is 0 Å². The Morgan fingerprint density at radius 2 is 2.00 bits per heavy atom. The summed E-state index contributed by atoms with van der Waals surface area (Å²) in [6.45, 7) is 7.50. The molecule has 4 nitrogen and oxygen atoms in total. The number of nitrogens with one attached hydrogen (secondary N) is 1. The van der Waals surface area contributed by atoms with E-state index in [9.17, 15) is 5.11 Å². The summed E-state index contributed by atoms with van der Waals surface area (Å²) >= 11 is 0. The number of hydrogen-bond acceptors (Lipinski definition) is 4. The van der Waals surface area contributed by atoms with Gasteiger partial charge >= 0.3 is 0 Å². The number of anilines is 2. The minimum atomic E-state index is -0.0296. The highest BCUT2D eigenvalue weighted by Gasteiger charge is 2.26. The van der Waals surface area contributed by atoms with Gasteiger partial charge in [-0.15, -0.1) is 0 Å². The Labute approximate surface area is 122 Å². The average Bonchev–Trinajstić information content (AvgIpc) is 3.04. The van der Waals surface area contributed by atoms with Crippen LogP contribution in [0.1, 0.15) is 39.5 Å². The van der Waals surface area contributed by atoms with Gasteiger partial charge in [-0.1, -0.05) is 13.8 Å². The van der Waals surface area contributed by atoms with Gasteiger partial charge in [0.15, 0.2) is 5.82 Å². The van der Waals surface area contributed by atoms with Gasteiger partial charge in [-0.25, -0.2) is 4.98 Å². The van der Waals surface area contributed by atoms with Crippen molar-refractivity contribution < 1.29 is 5.11 Å². The molecule has 0 radical (unpaired) electrons. The molecule has 0 unspecified atom stereocenters. The highest BCUT2D eigenvalue weighted by Crippen LogP contribution is 2.30. The molecule has 112 valence electrons. The molecule has 0 amide bonds. The maximum absolute atomic E-state index is 9.67. The zero-order valence-corrected chi connectivity index (χ0v) is 12.7. The van der Waals surface area contributed by atoms with Gasteiger partial charge in [0.1, 0.15) is 0 Å². The fourth-order valence-corrected chi connectivity index (χ4v) is 2.78. The van der Waals surface area contributed by atoms with Crippen molar-refractivity contribution in [1.82, 2.24) is 4.98 Å². The fraction of sp³-hybridized carbons (Fsp3) is 0.688. The Balaban J connectivity index is 2.09. The Hall–Kier alpha value is -1.29. The van der Waals surface area contributed by atoms with Crippen LogP contribution in [0.25, 0.3) is 0 Å². The summed E-state index contributed by atoms with van der Waals surface area (Å²) < 4.78 is 0. The lowest BCUT2D eigenvalue weighted by Crippen LogP contribution is -2.33. The molecule has 0 atom stereocenters. The van der Waals surface area contributed by atoms with E-state index in [0.29, 0.717) is 0 Å². The zero-order chi connectivity index (χ0) is 14.4. The van der Waals surface area contributed by atoms with Crippen molar-refractivity contribution in [1.29, 1.82) is 0 Å². The standard InChI is InChI=1S/C16H27N3O/c1-3-16(4-2,13-20)12-18-14-8-7-9-17-15(14)19-10-5-6-11-19/h7-9,18,20H,3-6,10-13H2,1-2H3. The lowest BCUT2D eigenvalue weighted by atomic mass is 9.83. The molecule has 20 heavy (non-hydrogen) atoms. The van der Waals surface area contributed by atoms with E-state index < -0.39 is 0 Å². The smallest absolute Gasteiger partial charge is 0.151 e. The van der Waals surface area contributed by atoms with Crippen molar-refractivity contribution in [2.45, 2.75) is 39.5 Å². The summed E-state index contributed by atoms with van der Waals surface area (Å²) in [6, 6.07) is 4.06. The molecular weight excluding hydrogens is 250 g/mol. The first-order chi connectivity index (χ1) is 9.74. The van der Waals surface area contributed by atoms with Crippen molar-refractivity contribution >= 4 is 11.5 Å². The van der Waals surface area contributed by atoms with Crippen LogP contribution in [0.5, 0.6) is 0 Å². The largest absolute Gasteiger partial charge is 0.396 e. The van der Waals surface area contributed by atoms with Gasteiger partial charge in [0.05, 0.1) is 12.3 Å². The van der Waals surface area contributed by atoms with Crippen molar-refractivity contribution in [2.24, 2.45) is 5.41 Å². The molecule has 1 saturated heterocycles. The number of hydrogen-bond donors (Lipinski definition) is 2. The number of rotatable bonds is 7. The molecule has 0 bridgehead atoms. The molecule has 0 saturated carbocycles. The molecule has 1 aliphatic rings. The fourth-order valence-electron chi connectivity index (χ4n) is 2.78. The van der Waals surface area contributed by atoms with Gasteiger partial charge in [-0.3, -0.25) is 0 Å². The maximum atomic E-state index is 9.67. The Morgan fingerprint density at radius 1 is 1.30 bits per heavy atom. The summed E-state index contributed by atoms with van der Waals surface area (Å²) in [6.07, 6.45) is 6.32. The van der Waals surface area contributed by atoms with Gasteiger partial charge < -0.3 is 15.3 Å². The van der Waals surface area contributed by atoms with Gasteiger partial charge in [0, 0.05) is 31.2 Å². The highest BCUT2D eigenvalue weighted by atomic mass is 16.3. The molecule has 2 N–H and O–H groups in total. The maximum Gasteiger partial charge on any atom is 0.151 e. The van der Waals surface area contributed by atoms with Gasteiger partial charge in [0.2, 0.25) is 0 Å². The second kappa shape index (κ2) is 6.93. The number of aliphatic hydroxyl groups is 1. The molecule has 4 heteroatoms. The summed E-state index contributed by atoms with van der Waals surface area (Å²) in [5, 5.41) is 13.2. The molecule has 0 spiro atoms. The zero-order valence-electron chi connectivity index (χ0n) is 12.7. The minimum absolute atomic E-state index is 0.0296. The summed E-state index contributed by atoms with van der Waals surface area (Å²) in [5.41, 5.74) is 1.06. The first kappa shape index (κ1) is 15.1. The van der Waals surface area contributed by atoms with E-state index in [2.05, 4.69) is 35.1 Å². The SMILES string of the molecule is CCC(CC)(CO)CNc1cccnc1N1CCCC1. The number of nitrogens with zero attached hydrogens (tertiary/aromatic N) is 2. The van der Waals surface area contributed by atoms with E-state index in [4.69, 9.17) is 0 Å². The van der Waals surface area contributed by atoms with E-state index in [1.165, 1.54) is 12.8 Å². The molecule has 2 rings (SSSR count). The first-order valence-corrected chi connectivity index (χ1v) is 7.79. The van der Waals surface area contributed by atoms with E-state index >= 15 is 0 Å². The summed E-state index contributed by atoms with van der Waals surface area (Å²) in [5.74, 6) is 1.06.